The molecule has 0 bridgehead atoms. The Bertz CT molecular complexity index is 897. The van der Waals surface area contributed by atoms with Gasteiger partial charge >= 0.3 is 12.3 Å². The molecule has 0 unspecified atom stereocenters. The number of anilines is 1. The number of fused-ring (bicyclic) bond motifs is 1. The lowest BCUT2D eigenvalue weighted by Crippen LogP contribution is -2.50. The lowest BCUT2D eigenvalue weighted by Gasteiger charge is -2.38. The Labute approximate surface area is 178 Å². The Morgan fingerprint density at radius 3 is 2.39 bits per heavy atom. The van der Waals surface area contributed by atoms with Crippen molar-refractivity contribution in [3.8, 4) is 0 Å². The predicted molar refractivity (Wildman–Crippen MR) is 107 cm³/mol. The van der Waals surface area contributed by atoms with Crippen LogP contribution in [0.5, 0.6) is 0 Å². The Morgan fingerprint density at radius 1 is 1.23 bits per heavy atom. The minimum absolute atomic E-state index is 0.118. The summed E-state index contributed by atoms with van der Waals surface area (Å²) in [7, 11) is 0. The molecular weight excluding hydrogens is 413 g/mol. The van der Waals surface area contributed by atoms with E-state index in [1.165, 1.54) is 4.90 Å². The van der Waals surface area contributed by atoms with Crippen molar-refractivity contribution in [2.45, 2.75) is 77.9 Å². The van der Waals surface area contributed by atoms with Crippen LogP contribution in [0.2, 0.25) is 0 Å². The molecule has 0 aromatic carbocycles. The summed E-state index contributed by atoms with van der Waals surface area (Å²) in [5.41, 5.74) is 0.486. The van der Waals surface area contributed by atoms with Gasteiger partial charge in [-0.05, 0) is 40.5 Å². The van der Waals surface area contributed by atoms with Crippen LogP contribution in [0.4, 0.5) is 23.9 Å². The van der Waals surface area contributed by atoms with Crippen LogP contribution < -0.4 is 4.90 Å². The molecular formula is C20H27F3N6O2. The second-order valence-electron chi connectivity index (χ2n) is 8.80. The summed E-state index contributed by atoms with van der Waals surface area (Å²) in [6.45, 7) is 9.11. The van der Waals surface area contributed by atoms with Crippen LogP contribution in [0.25, 0.3) is 0 Å². The third kappa shape index (κ3) is 5.26. The molecule has 0 spiro atoms. The third-order valence-corrected chi connectivity index (χ3v) is 5.25. The van der Waals surface area contributed by atoms with E-state index in [2.05, 4.69) is 15.1 Å². The van der Waals surface area contributed by atoms with E-state index in [-0.39, 0.29) is 12.0 Å². The van der Waals surface area contributed by atoms with E-state index in [0.717, 1.165) is 30.1 Å². The zero-order valence-electron chi connectivity index (χ0n) is 18.0. The van der Waals surface area contributed by atoms with Crippen LogP contribution in [0.3, 0.4) is 0 Å². The van der Waals surface area contributed by atoms with Crippen molar-refractivity contribution < 1.29 is 23.1 Å². The van der Waals surface area contributed by atoms with Crippen LogP contribution in [0, 0.1) is 0 Å². The van der Waals surface area contributed by atoms with E-state index in [9.17, 15) is 23.1 Å². The van der Waals surface area contributed by atoms with Gasteiger partial charge in [0, 0.05) is 48.8 Å². The normalized spacial score (nSPS) is 15.1. The van der Waals surface area contributed by atoms with Gasteiger partial charge in [-0.2, -0.15) is 18.3 Å². The first-order chi connectivity index (χ1) is 14.4. The zero-order valence-corrected chi connectivity index (χ0v) is 18.0. The highest BCUT2D eigenvalue weighted by molar-refractivity contribution is 5.66. The monoisotopic (exact) mass is 440 g/mol. The summed E-state index contributed by atoms with van der Waals surface area (Å²) in [6.07, 6.45) is -0.408. The first kappa shape index (κ1) is 22.8. The minimum Gasteiger partial charge on any atom is -0.465 e. The van der Waals surface area contributed by atoms with Gasteiger partial charge in [-0.15, -0.1) is 0 Å². The predicted octanol–water partition coefficient (Wildman–Crippen LogP) is 4.16. The summed E-state index contributed by atoms with van der Waals surface area (Å²) in [5.74, 6) is 0.238. The van der Waals surface area contributed by atoms with Crippen molar-refractivity contribution >= 4 is 12.0 Å². The number of hydrogen-bond acceptors (Lipinski definition) is 5. The number of hydrogen-bond donors (Lipinski definition) is 1. The van der Waals surface area contributed by atoms with Gasteiger partial charge in [-0.3, -0.25) is 4.68 Å². The molecule has 170 valence electrons. The minimum atomic E-state index is -4.46. The lowest BCUT2D eigenvalue weighted by molar-refractivity contribution is -0.138. The molecule has 1 amide bonds. The Balaban J connectivity index is 1.54. The van der Waals surface area contributed by atoms with Crippen LogP contribution in [0.1, 0.15) is 57.4 Å². The topological polar surface area (TPSA) is 87.4 Å². The fourth-order valence-corrected chi connectivity index (χ4v) is 3.91. The van der Waals surface area contributed by atoms with E-state index < -0.39 is 23.4 Å². The molecule has 0 radical (unpaired) electrons. The van der Waals surface area contributed by atoms with Gasteiger partial charge in [0.1, 0.15) is 0 Å². The van der Waals surface area contributed by atoms with Crippen molar-refractivity contribution in [3.63, 3.8) is 0 Å². The van der Waals surface area contributed by atoms with E-state index >= 15 is 0 Å². The first-order valence-corrected chi connectivity index (χ1v) is 10.1. The maximum Gasteiger partial charge on any atom is 0.419 e. The molecule has 1 aliphatic heterocycles. The van der Waals surface area contributed by atoms with E-state index in [1.54, 1.807) is 4.90 Å². The number of aryl methyl sites for hydroxylation is 1. The molecule has 2 aromatic rings. The maximum absolute atomic E-state index is 12.7. The highest BCUT2D eigenvalue weighted by atomic mass is 19.4. The second-order valence-corrected chi connectivity index (χ2v) is 8.80. The van der Waals surface area contributed by atoms with E-state index in [4.69, 9.17) is 0 Å². The summed E-state index contributed by atoms with van der Waals surface area (Å²) in [4.78, 5) is 22.5. The quantitative estimate of drug-likeness (QED) is 0.726. The molecule has 0 saturated heterocycles. The van der Waals surface area contributed by atoms with Gasteiger partial charge in [-0.25, -0.2) is 14.8 Å². The molecule has 11 heteroatoms. The molecule has 0 saturated carbocycles. The number of alkyl halides is 3. The molecule has 1 atom stereocenters. The highest BCUT2D eigenvalue weighted by Crippen LogP contribution is 2.30. The molecule has 2 aromatic heterocycles. The molecule has 3 rings (SSSR count). The number of aromatic nitrogens is 4. The smallest absolute Gasteiger partial charge is 0.419 e. The molecule has 31 heavy (non-hydrogen) atoms. The van der Waals surface area contributed by atoms with Crippen molar-refractivity contribution in [2.24, 2.45) is 0 Å². The van der Waals surface area contributed by atoms with Crippen molar-refractivity contribution in [1.29, 1.82) is 0 Å². The van der Waals surface area contributed by atoms with E-state index in [1.807, 2.05) is 38.6 Å². The first-order valence-electron chi connectivity index (χ1n) is 10.1. The maximum atomic E-state index is 12.7. The molecule has 0 aliphatic carbocycles. The largest absolute Gasteiger partial charge is 0.465 e. The Kier molecular flexibility index (Phi) is 6.15. The van der Waals surface area contributed by atoms with Crippen LogP contribution >= 0.6 is 0 Å². The number of carboxylic acid groups (broad SMARTS) is 1. The summed E-state index contributed by atoms with van der Waals surface area (Å²) in [5, 5.41) is 14.0. The standard InChI is InChI=1S/C20H27F3N6O2/c1-13(29(18(30)31)19(2,3)4)6-5-7-28-11-14-10-27(12-16(14)26-28)17-24-8-15(9-25-17)20(21,22)23/h8-9,11,13H,5-7,10,12H2,1-4H3,(H,30,31)/t13-/m0/s1. The van der Waals surface area contributed by atoms with Gasteiger partial charge < -0.3 is 14.9 Å². The highest BCUT2D eigenvalue weighted by Gasteiger charge is 2.33. The molecule has 3 heterocycles. The fraction of sp³-hybridized carbons (Fsp3) is 0.600. The molecule has 1 N–H and O–H groups in total. The number of carbonyl (C=O) groups is 1. The van der Waals surface area contributed by atoms with Crippen LogP contribution in [0.15, 0.2) is 18.6 Å². The summed E-state index contributed by atoms with van der Waals surface area (Å²) in [6, 6.07) is -0.118. The average Bonchev–Trinajstić information content (AvgIpc) is 3.18. The van der Waals surface area contributed by atoms with Gasteiger partial charge in [-0.1, -0.05) is 0 Å². The number of halogens is 3. The Morgan fingerprint density at radius 2 is 1.87 bits per heavy atom. The van der Waals surface area contributed by atoms with Crippen molar-refractivity contribution in [3.05, 3.63) is 35.4 Å². The van der Waals surface area contributed by atoms with Crippen molar-refractivity contribution in [1.82, 2.24) is 24.6 Å². The Hall–Kier alpha value is -2.85. The van der Waals surface area contributed by atoms with Gasteiger partial charge in [0.05, 0.1) is 17.8 Å². The lowest BCUT2D eigenvalue weighted by atomic mass is 10.0. The van der Waals surface area contributed by atoms with Gasteiger partial charge in [0.25, 0.3) is 0 Å². The summed E-state index contributed by atoms with van der Waals surface area (Å²) < 4.78 is 39.8. The van der Waals surface area contributed by atoms with Crippen molar-refractivity contribution in [2.75, 3.05) is 4.90 Å². The molecule has 8 nitrogen and oxygen atoms in total. The zero-order chi connectivity index (χ0) is 23.0. The number of nitrogens with zero attached hydrogens (tertiary/aromatic N) is 6. The number of amides is 1. The SMILES string of the molecule is C[C@@H](CCCn1cc2c(n1)CN(c1ncc(C(F)(F)F)cn1)C2)N(C(=O)O)C(C)(C)C. The second kappa shape index (κ2) is 8.35. The molecule has 1 aliphatic rings. The summed E-state index contributed by atoms with van der Waals surface area (Å²) >= 11 is 0. The number of rotatable bonds is 6. The van der Waals surface area contributed by atoms with Gasteiger partial charge in [0.2, 0.25) is 5.95 Å². The third-order valence-electron chi connectivity index (χ3n) is 5.25. The van der Waals surface area contributed by atoms with Gasteiger partial charge in [0.15, 0.2) is 0 Å². The molecule has 0 fully saturated rings. The van der Waals surface area contributed by atoms with Crippen LogP contribution in [-0.4, -0.2) is 47.4 Å². The fourth-order valence-electron chi connectivity index (χ4n) is 3.91. The average molecular weight is 440 g/mol. The van der Waals surface area contributed by atoms with Crippen LogP contribution in [-0.2, 0) is 25.8 Å². The van der Waals surface area contributed by atoms with E-state index in [0.29, 0.717) is 26.1 Å².